The van der Waals surface area contributed by atoms with Crippen LogP contribution < -0.4 is 4.74 Å². The molecule has 2 rings (SSSR count). The lowest BCUT2D eigenvalue weighted by molar-refractivity contribution is 0.0913. The molecule has 15 heavy (non-hydrogen) atoms. The van der Waals surface area contributed by atoms with E-state index in [1.54, 1.807) is 19.5 Å². The van der Waals surface area contributed by atoms with Gasteiger partial charge in [0.05, 0.1) is 26.0 Å². The number of aromatic nitrogens is 1. The second-order valence-electron chi connectivity index (χ2n) is 3.73. The molecule has 2 atom stereocenters. The summed E-state index contributed by atoms with van der Waals surface area (Å²) in [6.45, 7) is 1.36. The Labute approximate surface area is 88.9 Å². The van der Waals surface area contributed by atoms with E-state index in [1.807, 2.05) is 6.07 Å². The van der Waals surface area contributed by atoms with Gasteiger partial charge in [-0.3, -0.25) is 4.98 Å². The minimum absolute atomic E-state index is 0.180. The van der Waals surface area contributed by atoms with Gasteiger partial charge in [0.25, 0.3) is 0 Å². The Bertz CT molecular complexity index is 323. The standard InChI is InChI=1S/C11H15NO3/c1-14-10-4-9(5-12-6-10)11(13)8-2-3-15-7-8/h4-6,8,11,13H,2-3,7H2,1H3. The summed E-state index contributed by atoms with van der Waals surface area (Å²) >= 11 is 0. The van der Waals surface area contributed by atoms with E-state index in [2.05, 4.69) is 4.98 Å². The number of aliphatic hydroxyl groups excluding tert-OH is 1. The van der Waals surface area contributed by atoms with E-state index >= 15 is 0 Å². The van der Waals surface area contributed by atoms with Crippen molar-refractivity contribution in [3.8, 4) is 5.75 Å². The average molecular weight is 209 g/mol. The normalized spacial score (nSPS) is 22.7. The summed E-state index contributed by atoms with van der Waals surface area (Å²) in [4.78, 5) is 4.02. The van der Waals surface area contributed by atoms with Crippen molar-refractivity contribution >= 4 is 0 Å². The van der Waals surface area contributed by atoms with Crippen LogP contribution in [0.5, 0.6) is 5.75 Å². The van der Waals surface area contributed by atoms with E-state index < -0.39 is 6.10 Å². The predicted octanol–water partition coefficient (Wildman–Crippen LogP) is 1.16. The van der Waals surface area contributed by atoms with Crippen molar-refractivity contribution in [2.24, 2.45) is 5.92 Å². The molecule has 1 aliphatic heterocycles. The number of hydrogen-bond donors (Lipinski definition) is 1. The van der Waals surface area contributed by atoms with Crippen LogP contribution in [0.4, 0.5) is 0 Å². The zero-order chi connectivity index (χ0) is 10.7. The third-order valence-corrected chi connectivity index (χ3v) is 2.72. The number of nitrogens with zero attached hydrogens (tertiary/aromatic N) is 1. The summed E-state index contributed by atoms with van der Waals surface area (Å²) in [6, 6.07) is 1.82. The van der Waals surface area contributed by atoms with Crippen LogP contribution in [-0.4, -0.2) is 30.4 Å². The van der Waals surface area contributed by atoms with Crippen LogP contribution in [0.2, 0.25) is 0 Å². The molecule has 0 aliphatic carbocycles. The first kappa shape index (κ1) is 10.4. The third kappa shape index (κ3) is 2.27. The molecule has 1 aliphatic rings. The lowest BCUT2D eigenvalue weighted by Gasteiger charge is -2.16. The molecule has 1 saturated heterocycles. The third-order valence-electron chi connectivity index (χ3n) is 2.72. The van der Waals surface area contributed by atoms with E-state index in [0.717, 1.165) is 18.6 Å². The second kappa shape index (κ2) is 4.59. The highest BCUT2D eigenvalue weighted by molar-refractivity contribution is 5.25. The molecule has 0 radical (unpaired) electrons. The molecule has 1 N–H and O–H groups in total. The topological polar surface area (TPSA) is 51.6 Å². The molecule has 4 heteroatoms. The van der Waals surface area contributed by atoms with Crippen LogP contribution in [0, 0.1) is 5.92 Å². The van der Waals surface area contributed by atoms with E-state index in [4.69, 9.17) is 9.47 Å². The van der Waals surface area contributed by atoms with Crippen LogP contribution in [-0.2, 0) is 4.74 Å². The maximum absolute atomic E-state index is 10.1. The Balaban J connectivity index is 2.13. The molecule has 0 aromatic carbocycles. The van der Waals surface area contributed by atoms with Gasteiger partial charge < -0.3 is 14.6 Å². The number of pyridine rings is 1. The van der Waals surface area contributed by atoms with E-state index in [1.165, 1.54) is 0 Å². The monoisotopic (exact) mass is 209 g/mol. The van der Waals surface area contributed by atoms with Crippen molar-refractivity contribution in [2.45, 2.75) is 12.5 Å². The number of ether oxygens (including phenoxy) is 2. The summed E-state index contributed by atoms with van der Waals surface area (Å²) in [5, 5.41) is 10.1. The van der Waals surface area contributed by atoms with Crippen LogP contribution in [0.25, 0.3) is 0 Å². The molecule has 1 fully saturated rings. The molecule has 0 spiro atoms. The van der Waals surface area contributed by atoms with Gasteiger partial charge in [0.1, 0.15) is 5.75 Å². The zero-order valence-corrected chi connectivity index (χ0v) is 8.72. The van der Waals surface area contributed by atoms with Crippen LogP contribution in [0.1, 0.15) is 18.1 Å². The van der Waals surface area contributed by atoms with Crippen LogP contribution >= 0.6 is 0 Å². The van der Waals surface area contributed by atoms with Gasteiger partial charge in [0.2, 0.25) is 0 Å². The summed E-state index contributed by atoms with van der Waals surface area (Å²) in [5.74, 6) is 0.851. The van der Waals surface area contributed by atoms with Gasteiger partial charge >= 0.3 is 0 Å². The highest BCUT2D eigenvalue weighted by atomic mass is 16.5. The Morgan fingerprint density at radius 1 is 1.60 bits per heavy atom. The lowest BCUT2D eigenvalue weighted by Crippen LogP contribution is -2.12. The summed E-state index contributed by atoms with van der Waals surface area (Å²) in [7, 11) is 1.59. The molecule has 0 bridgehead atoms. The van der Waals surface area contributed by atoms with Crippen molar-refractivity contribution < 1.29 is 14.6 Å². The molecular weight excluding hydrogens is 194 g/mol. The minimum Gasteiger partial charge on any atom is -0.495 e. The quantitative estimate of drug-likeness (QED) is 0.811. The van der Waals surface area contributed by atoms with Gasteiger partial charge in [-0.15, -0.1) is 0 Å². The van der Waals surface area contributed by atoms with Crippen LogP contribution in [0.3, 0.4) is 0 Å². The minimum atomic E-state index is -0.505. The first-order valence-electron chi connectivity index (χ1n) is 5.06. The van der Waals surface area contributed by atoms with E-state index in [-0.39, 0.29) is 5.92 Å². The van der Waals surface area contributed by atoms with Crippen molar-refractivity contribution in [2.75, 3.05) is 20.3 Å². The Morgan fingerprint density at radius 2 is 2.47 bits per heavy atom. The molecule has 1 aromatic heterocycles. The Morgan fingerprint density at radius 3 is 3.13 bits per heavy atom. The van der Waals surface area contributed by atoms with Crippen molar-refractivity contribution in [3.63, 3.8) is 0 Å². The summed E-state index contributed by atoms with van der Waals surface area (Å²) in [5.41, 5.74) is 0.796. The smallest absolute Gasteiger partial charge is 0.137 e. The highest BCUT2D eigenvalue weighted by Crippen LogP contribution is 2.29. The van der Waals surface area contributed by atoms with Gasteiger partial charge in [-0.2, -0.15) is 0 Å². The molecule has 4 nitrogen and oxygen atoms in total. The fourth-order valence-corrected chi connectivity index (χ4v) is 1.78. The van der Waals surface area contributed by atoms with Crippen LogP contribution in [0.15, 0.2) is 18.5 Å². The van der Waals surface area contributed by atoms with E-state index in [0.29, 0.717) is 12.4 Å². The largest absolute Gasteiger partial charge is 0.495 e. The fraction of sp³-hybridized carbons (Fsp3) is 0.545. The van der Waals surface area contributed by atoms with Crippen molar-refractivity contribution in [1.29, 1.82) is 0 Å². The SMILES string of the molecule is COc1cncc(C(O)C2CCOC2)c1. The molecule has 2 heterocycles. The molecule has 0 saturated carbocycles. The first-order chi connectivity index (χ1) is 7.31. The molecule has 0 amide bonds. The molecule has 82 valence electrons. The number of aliphatic hydroxyl groups is 1. The zero-order valence-electron chi connectivity index (χ0n) is 8.72. The maximum atomic E-state index is 10.1. The van der Waals surface area contributed by atoms with E-state index in [9.17, 15) is 5.11 Å². The maximum Gasteiger partial charge on any atom is 0.137 e. The molecule has 2 unspecified atom stereocenters. The second-order valence-corrected chi connectivity index (χ2v) is 3.73. The molecule has 1 aromatic rings. The number of hydrogen-bond acceptors (Lipinski definition) is 4. The predicted molar refractivity (Wildman–Crippen MR) is 54.7 cm³/mol. The van der Waals surface area contributed by atoms with Gasteiger partial charge in [0.15, 0.2) is 0 Å². The average Bonchev–Trinajstić information content (AvgIpc) is 2.81. The Kier molecular flexibility index (Phi) is 3.18. The fourth-order valence-electron chi connectivity index (χ4n) is 1.78. The van der Waals surface area contributed by atoms with Gasteiger partial charge in [-0.05, 0) is 12.5 Å². The van der Waals surface area contributed by atoms with Crippen molar-refractivity contribution in [3.05, 3.63) is 24.0 Å². The van der Waals surface area contributed by atoms with Gasteiger partial charge in [0, 0.05) is 24.3 Å². The lowest BCUT2D eigenvalue weighted by atomic mass is 9.96. The summed E-state index contributed by atoms with van der Waals surface area (Å²) < 4.78 is 10.3. The first-order valence-corrected chi connectivity index (χ1v) is 5.06. The van der Waals surface area contributed by atoms with Gasteiger partial charge in [-0.25, -0.2) is 0 Å². The number of methoxy groups -OCH3 is 1. The number of rotatable bonds is 3. The van der Waals surface area contributed by atoms with Gasteiger partial charge in [-0.1, -0.05) is 0 Å². The van der Waals surface area contributed by atoms with Crippen molar-refractivity contribution in [1.82, 2.24) is 4.98 Å². The highest BCUT2D eigenvalue weighted by Gasteiger charge is 2.25. The molecular formula is C11H15NO3. The summed E-state index contributed by atoms with van der Waals surface area (Å²) in [6.07, 6.45) is 3.70. The Hall–Kier alpha value is -1.13.